The number of benzene rings is 2. The van der Waals surface area contributed by atoms with E-state index in [2.05, 4.69) is 10.6 Å². The second-order valence-electron chi connectivity index (χ2n) is 5.60. The Hall–Kier alpha value is -2.77. The molecule has 2 aromatic rings. The molecule has 0 radical (unpaired) electrons. The Kier molecular flexibility index (Phi) is 7.91. The van der Waals surface area contributed by atoms with Gasteiger partial charge in [-0.15, -0.1) is 0 Å². The average Bonchev–Trinajstić information content (AvgIpc) is 2.64. The lowest BCUT2D eigenvalue weighted by molar-refractivity contribution is -0.114. The molecule has 1 atom stereocenters. The van der Waals surface area contributed by atoms with Crippen molar-refractivity contribution >= 4 is 29.3 Å². The highest BCUT2D eigenvalue weighted by Crippen LogP contribution is 2.16. The molecule has 144 valence electrons. The van der Waals surface area contributed by atoms with Gasteiger partial charge in [0.25, 0.3) is 0 Å². The van der Waals surface area contributed by atoms with E-state index in [4.69, 9.17) is 25.8 Å². The van der Waals surface area contributed by atoms with Crippen molar-refractivity contribution in [3.05, 3.63) is 53.6 Å². The number of rotatable bonds is 8. The number of halogens is 1. The van der Waals surface area contributed by atoms with Crippen LogP contribution in [-0.2, 0) is 9.53 Å². The Morgan fingerprint density at radius 1 is 1.04 bits per heavy atom. The van der Waals surface area contributed by atoms with Crippen LogP contribution in [-0.4, -0.2) is 38.4 Å². The Bertz CT molecular complexity index is 750. The number of hydrogen-bond acceptors (Lipinski definition) is 5. The van der Waals surface area contributed by atoms with Crippen LogP contribution in [0.25, 0.3) is 0 Å². The minimum absolute atomic E-state index is 0.173. The summed E-state index contributed by atoms with van der Waals surface area (Å²) in [6, 6.07) is 13.4. The zero-order valence-corrected chi connectivity index (χ0v) is 15.8. The zero-order chi connectivity index (χ0) is 19.6. The lowest BCUT2D eigenvalue weighted by Crippen LogP contribution is -2.37. The third kappa shape index (κ3) is 7.55. The molecule has 7 nitrogen and oxygen atoms in total. The normalized spacial score (nSPS) is 11.4. The fraction of sp³-hybridized carbons (Fsp3) is 0.263. The maximum absolute atomic E-state index is 11.9. The molecule has 0 aromatic heterocycles. The standard InChI is InChI=1S/C19H21ClN2O5/c1-13(23)22-15-5-9-17(10-6-15)27-19(24)21-11-18(25-2)12-26-16-7-3-14(20)4-8-16/h3-10,18H,11-12H2,1-2H3,(H,21,24)(H,22,23). The van der Waals surface area contributed by atoms with Gasteiger partial charge in [0, 0.05) is 24.7 Å². The first-order valence-corrected chi connectivity index (χ1v) is 8.58. The molecule has 0 saturated heterocycles. The summed E-state index contributed by atoms with van der Waals surface area (Å²) in [5.74, 6) is 0.837. The van der Waals surface area contributed by atoms with Crippen LogP contribution in [0.4, 0.5) is 10.5 Å². The Morgan fingerprint density at radius 2 is 1.67 bits per heavy atom. The number of carbonyl (C=O) groups excluding carboxylic acids is 2. The van der Waals surface area contributed by atoms with Gasteiger partial charge in [-0.1, -0.05) is 11.6 Å². The highest BCUT2D eigenvalue weighted by molar-refractivity contribution is 6.30. The summed E-state index contributed by atoms with van der Waals surface area (Å²) in [4.78, 5) is 22.9. The number of carbonyl (C=O) groups is 2. The second-order valence-corrected chi connectivity index (χ2v) is 6.04. The van der Waals surface area contributed by atoms with Gasteiger partial charge in [0.05, 0.1) is 6.54 Å². The largest absolute Gasteiger partial charge is 0.491 e. The molecular weight excluding hydrogens is 372 g/mol. The number of anilines is 1. The Morgan fingerprint density at radius 3 is 2.26 bits per heavy atom. The SMILES string of the molecule is COC(CNC(=O)Oc1ccc(NC(C)=O)cc1)COc1ccc(Cl)cc1. The molecule has 0 heterocycles. The molecule has 0 fully saturated rings. The number of methoxy groups -OCH3 is 1. The number of ether oxygens (including phenoxy) is 3. The van der Waals surface area contributed by atoms with Crippen molar-refractivity contribution in [2.75, 3.05) is 25.6 Å². The monoisotopic (exact) mass is 392 g/mol. The Balaban J connectivity index is 1.75. The van der Waals surface area contributed by atoms with Gasteiger partial charge in [0.2, 0.25) is 5.91 Å². The van der Waals surface area contributed by atoms with E-state index in [0.29, 0.717) is 22.2 Å². The first-order valence-electron chi connectivity index (χ1n) is 8.21. The molecule has 27 heavy (non-hydrogen) atoms. The van der Waals surface area contributed by atoms with Gasteiger partial charge in [-0.05, 0) is 48.5 Å². The summed E-state index contributed by atoms with van der Waals surface area (Å²) in [6.07, 6.45) is -0.966. The molecular formula is C19H21ClN2O5. The molecule has 0 spiro atoms. The van der Waals surface area contributed by atoms with E-state index in [1.165, 1.54) is 14.0 Å². The van der Waals surface area contributed by atoms with Crippen LogP contribution in [0, 0.1) is 0 Å². The summed E-state index contributed by atoms with van der Waals surface area (Å²) < 4.78 is 16.1. The molecule has 2 rings (SSSR count). The quantitative estimate of drug-likeness (QED) is 0.718. The number of amides is 2. The molecule has 2 N–H and O–H groups in total. The van der Waals surface area contributed by atoms with Crippen LogP contribution in [0.5, 0.6) is 11.5 Å². The van der Waals surface area contributed by atoms with E-state index in [1.54, 1.807) is 48.5 Å². The predicted molar refractivity (Wildman–Crippen MR) is 103 cm³/mol. The minimum atomic E-state index is -0.615. The maximum atomic E-state index is 11.9. The van der Waals surface area contributed by atoms with Crippen LogP contribution in [0.3, 0.4) is 0 Å². The molecule has 0 saturated carbocycles. The van der Waals surface area contributed by atoms with E-state index in [1.807, 2.05) is 0 Å². The molecule has 0 aliphatic heterocycles. The summed E-state index contributed by atoms with van der Waals surface area (Å²) in [5.41, 5.74) is 0.619. The van der Waals surface area contributed by atoms with Crippen LogP contribution in [0.2, 0.25) is 5.02 Å². The van der Waals surface area contributed by atoms with E-state index >= 15 is 0 Å². The molecule has 2 aromatic carbocycles. The second kappa shape index (κ2) is 10.4. The summed E-state index contributed by atoms with van der Waals surface area (Å²) >= 11 is 5.82. The number of hydrogen-bond donors (Lipinski definition) is 2. The van der Waals surface area contributed by atoms with Gasteiger partial charge in [0.15, 0.2) is 0 Å². The third-order valence-corrected chi connectivity index (χ3v) is 3.69. The van der Waals surface area contributed by atoms with Crippen LogP contribution in [0.15, 0.2) is 48.5 Å². The molecule has 0 aliphatic carbocycles. The molecule has 0 bridgehead atoms. The van der Waals surface area contributed by atoms with Gasteiger partial charge < -0.3 is 24.8 Å². The van der Waals surface area contributed by atoms with Crippen molar-refractivity contribution in [3.8, 4) is 11.5 Å². The van der Waals surface area contributed by atoms with Gasteiger partial charge in [-0.25, -0.2) is 4.79 Å². The van der Waals surface area contributed by atoms with Crippen molar-refractivity contribution in [1.82, 2.24) is 5.32 Å². The smallest absolute Gasteiger partial charge is 0.412 e. The van der Waals surface area contributed by atoms with Crippen molar-refractivity contribution in [3.63, 3.8) is 0 Å². The number of nitrogens with one attached hydrogen (secondary N) is 2. The van der Waals surface area contributed by atoms with Crippen molar-refractivity contribution in [2.24, 2.45) is 0 Å². The van der Waals surface area contributed by atoms with E-state index in [0.717, 1.165) is 0 Å². The van der Waals surface area contributed by atoms with Crippen LogP contribution >= 0.6 is 11.6 Å². The first kappa shape index (κ1) is 20.5. The highest BCUT2D eigenvalue weighted by Gasteiger charge is 2.12. The maximum Gasteiger partial charge on any atom is 0.412 e. The van der Waals surface area contributed by atoms with E-state index in [9.17, 15) is 9.59 Å². The molecule has 1 unspecified atom stereocenters. The average molecular weight is 393 g/mol. The van der Waals surface area contributed by atoms with E-state index in [-0.39, 0.29) is 25.2 Å². The third-order valence-electron chi connectivity index (χ3n) is 3.44. The van der Waals surface area contributed by atoms with Gasteiger partial charge in [-0.3, -0.25) is 4.79 Å². The van der Waals surface area contributed by atoms with Gasteiger partial charge in [0.1, 0.15) is 24.2 Å². The summed E-state index contributed by atoms with van der Waals surface area (Å²) in [6.45, 7) is 1.89. The molecule has 0 aliphatic rings. The van der Waals surface area contributed by atoms with Crippen molar-refractivity contribution in [2.45, 2.75) is 13.0 Å². The highest BCUT2D eigenvalue weighted by atomic mass is 35.5. The fourth-order valence-electron chi connectivity index (χ4n) is 2.08. The minimum Gasteiger partial charge on any atom is -0.491 e. The van der Waals surface area contributed by atoms with Crippen LogP contribution in [0.1, 0.15) is 6.92 Å². The summed E-state index contributed by atoms with van der Waals surface area (Å²) in [5, 5.41) is 5.87. The van der Waals surface area contributed by atoms with Gasteiger partial charge in [-0.2, -0.15) is 0 Å². The first-order chi connectivity index (χ1) is 13.0. The fourth-order valence-corrected chi connectivity index (χ4v) is 2.21. The van der Waals surface area contributed by atoms with Gasteiger partial charge >= 0.3 is 6.09 Å². The lowest BCUT2D eigenvalue weighted by Gasteiger charge is -2.17. The topological polar surface area (TPSA) is 85.9 Å². The lowest BCUT2D eigenvalue weighted by atomic mass is 10.3. The Labute approximate surface area is 162 Å². The van der Waals surface area contributed by atoms with Crippen LogP contribution < -0.4 is 20.1 Å². The molecule has 8 heteroatoms. The van der Waals surface area contributed by atoms with E-state index < -0.39 is 6.09 Å². The van der Waals surface area contributed by atoms with Crippen molar-refractivity contribution in [1.29, 1.82) is 0 Å². The predicted octanol–water partition coefficient (Wildman–Crippen LogP) is 3.48. The van der Waals surface area contributed by atoms with Crippen molar-refractivity contribution < 1.29 is 23.8 Å². The summed E-state index contributed by atoms with van der Waals surface area (Å²) in [7, 11) is 1.53. The molecule has 2 amide bonds. The zero-order valence-electron chi connectivity index (χ0n) is 15.0.